The van der Waals surface area contributed by atoms with E-state index in [1.165, 1.54) is 12.1 Å². The van der Waals surface area contributed by atoms with Gasteiger partial charge in [-0.05, 0) is 73.4 Å². The van der Waals surface area contributed by atoms with Crippen LogP contribution in [0.2, 0.25) is 0 Å². The average Bonchev–Trinajstić information content (AvgIpc) is 3.36. The van der Waals surface area contributed by atoms with Crippen LogP contribution >= 0.6 is 0 Å². The molecule has 1 unspecified atom stereocenters. The van der Waals surface area contributed by atoms with E-state index >= 15 is 0 Å². The van der Waals surface area contributed by atoms with Crippen LogP contribution in [0.4, 0.5) is 4.39 Å². The van der Waals surface area contributed by atoms with Gasteiger partial charge in [0.1, 0.15) is 23.9 Å². The molecule has 3 aromatic rings. The Kier molecular flexibility index (Phi) is 7.77. The van der Waals surface area contributed by atoms with Crippen LogP contribution in [0.3, 0.4) is 0 Å². The number of carbonyl (C=O) groups is 2. The fraction of sp³-hybridized carbons (Fsp3) is 0.379. The smallest absolute Gasteiger partial charge is 0.289 e. The highest BCUT2D eigenvalue weighted by atomic mass is 19.1. The second-order valence-electron chi connectivity index (χ2n) is 9.28. The molecule has 36 heavy (non-hydrogen) atoms. The predicted molar refractivity (Wildman–Crippen MR) is 135 cm³/mol. The van der Waals surface area contributed by atoms with Crippen LogP contribution in [-0.2, 0) is 17.8 Å². The zero-order valence-electron chi connectivity index (χ0n) is 21.3. The molecule has 7 heteroatoms. The molecule has 0 bridgehead atoms. The van der Waals surface area contributed by atoms with Gasteiger partial charge >= 0.3 is 0 Å². The Morgan fingerprint density at radius 1 is 1.08 bits per heavy atom. The lowest BCUT2D eigenvalue weighted by Crippen LogP contribution is -2.42. The number of ether oxygens (including phenoxy) is 1. The summed E-state index contributed by atoms with van der Waals surface area (Å²) in [4.78, 5) is 29.2. The van der Waals surface area contributed by atoms with Crippen molar-refractivity contribution in [1.29, 1.82) is 0 Å². The highest BCUT2D eigenvalue weighted by molar-refractivity contribution is 5.91. The third kappa shape index (κ3) is 5.30. The van der Waals surface area contributed by atoms with Gasteiger partial charge in [-0.3, -0.25) is 9.59 Å². The molecule has 1 aliphatic heterocycles. The van der Waals surface area contributed by atoms with Gasteiger partial charge in [0.15, 0.2) is 5.76 Å². The van der Waals surface area contributed by atoms with Gasteiger partial charge in [0.2, 0.25) is 5.91 Å². The van der Waals surface area contributed by atoms with E-state index in [1.54, 1.807) is 29.2 Å². The van der Waals surface area contributed by atoms with Crippen molar-refractivity contribution in [3.05, 3.63) is 88.6 Å². The lowest BCUT2D eigenvalue weighted by atomic mass is 9.87. The van der Waals surface area contributed by atoms with E-state index < -0.39 is 0 Å². The van der Waals surface area contributed by atoms with Crippen molar-refractivity contribution in [2.75, 3.05) is 19.6 Å². The summed E-state index contributed by atoms with van der Waals surface area (Å²) >= 11 is 0. The van der Waals surface area contributed by atoms with Crippen molar-refractivity contribution in [1.82, 2.24) is 9.80 Å². The lowest BCUT2D eigenvalue weighted by molar-refractivity contribution is -0.136. The first kappa shape index (κ1) is 25.5. The van der Waals surface area contributed by atoms with Gasteiger partial charge in [-0.25, -0.2) is 4.39 Å². The van der Waals surface area contributed by atoms with Crippen molar-refractivity contribution in [2.24, 2.45) is 5.92 Å². The molecular weight excluding hydrogens is 459 g/mol. The number of hydrogen-bond acceptors (Lipinski definition) is 4. The van der Waals surface area contributed by atoms with E-state index in [-0.39, 0.29) is 36.2 Å². The van der Waals surface area contributed by atoms with E-state index in [0.717, 1.165) is 23.1 Å². The Hall–Kier alpha value is -3.61. The van der Waals surface area contributed by atoms with Crippen molar-refractivity contribution < 1.29 is 23.1 Å². The third-order valence-electron chi connectivity index (χ3n) is 6.61. The van der Waals surface area contributed by atoms with Gasteiger partial charge in [-0.2, -0.15) is 0 Å². The van der Waals surface area contributed by atoms with E-state index in [1.807, 2.05) is 50.8 Å². The predicted octanol–water partition coefficient (Wildman–Crippen LogP) is 5.61. The summed E-state index contributed by atoms with van der Waals surface area (Å²) in [5, 5.41) is 0. The molecule has 0 spiro atoms. The summed E-state index contributed by atoms with van der Waals surface area (Å²) in [6.45, 7) is 9.63. The minimum Gasteiger partial charge on any atom is -0.486 e. The Morgan fingerprint density at radius 2 is 1.81 bits per heavy atom. The Labute approximate surface area is 211 Å². The van der Waals surface area contributed by atoms with Gasteiger partial charge in [0, 0.05) is 25.6 Å². The molecule has 0 saturated heterocycles. The molecule has 0 saturated carbocycles. The molecule has 0 radical (unpaired) electrons. The van der Waals surface area contributed by atoms with Crippen LogP contribution in [0.15, 0.2) is 59.0 Å². The molecule has 1 aliphatic rings. The summed E-state index contributed by atoms with van der Waals surface area (Å²) < 4.78 is 25.4. The van der Waals surface area contributed by atoms with Gasteiger partial charge in [0.05, 0.1) is 6.04 Å². The van der Waals surface area contributed by atoms with Gasteiger partial charge < -0.3 is 19.0 Å². The molecule has 0 N–H and O–H groups in total. The van der Waals surface area contributed by atoms with E-state index in [9.17, 15) is 14.0 Å². The lowest BCUT2D eigenvalue weighted by Gasteiger charge is -2.39. The topological polar surface area (TPSA) is 63.0 Å². The number of benzene rings is 2. The number of furan rings is 1. The zero-order chi connectivity index (χ0) is 25.8. The van der Waals surface area contributed by atoms with E-state index in [2.05, 4.69) is 0 Å². The molecule has 4 rings (SSSR count). The van der Waals surface area contributed by atoms with Gasteiger partial charge in [-0.15, -0.1) is 0 Å². The quantitative estimate of drug-likeness (QED) is 0.410. The number of hydrogen-bond donors (Lipinski definition) is 0. The number of fused-ring (bicyclic) bond motifs is 1. The van der Waals surface area contributed by atoms with Crippen LogP contribution in [-0.4, -0.2) is 41.2 Å². The Balaban J connectivity index is 1.58. The largest absolute Gasteiger partial charge is 0.486 e. The molecule has 0 fully saturated rings. The maximum atomic E-state index is 13.7. The molecule has 2 aromatic carbocycles. The van der Waals surface area contributed by atoms with Gasteiger partial charge in [-0.1, -0.05) is 32.0 Å². The zero-order valence-corrected chi connectivity index (χ0v) is 21.3. The van der Waals surface area contributed by atoms with Crippen LogP contribution in [0.25, 0.3) is 0 Å². The maximum Gasteiger partial charge on any atom is 0.289 e. The SMILES string of the molecule is CCN(CC)C(=O)c1ccc(COc2ccc3c(c2)C(c2ccc(F)cc2)N(C(=O)C(C)C)CC3)o1. The van der Waals surface area contributed by atoms with Gasteiger partial charge in [0.25, 0.3) is 5.91 Å². The first-order valence-electron chi connectivity index (χ1n) is 12.5. The highest BCUT2D eigenvalue weighted by Crippen LogP contribution is 2.38. The summed E-state index contributed by atoms with van der Waals surface area (Å²) in [6.07, 6.45) is 0.737. The Bertz CT molecular complexity index is 1210. The first-order valence-corrected chi connectivity index (χ1v) is 12.5. The second kappa shape index (κ2) is 11.0. The molecule has 1 atom stereocenters. The summed E-state index contributed by atoms with van der Waals surface area (Å²) in [5.74, 6) is 0.927. The van der Waals surface area contributed by atoms with Crippen molar-refractivity contribution >= 4 is 11.8 Å². The minimum atomic E-state index is -0.324. The second-order valence-corrected chi connectivity index (χ2v) is 9.28. The summed E-state index contributed by atoms with van der Waals surface area (Å²) in [7, 11) is 0. The highest BCUT2D eigenvalue weighted by Gasteiger charge is 2.33. The summed E-state index contributed by atoms with van der Waals surface area (Å²) in [5.41, 5.74) is 2.96. The van der Waals surface area contributed by atoms with Crippen LogP contribution in [0.1, 0.15) is 66.7 Å². The maximum absolute atomic E-state index is 13.7. The Morgan fingerprint density at radius 3 is 2.47 bits per heavy atom. The van der Waals surface area contributed by atoms with E-state index in [0.29, 0.717) is 36.9 Å². The van der Waals surface area contributed by atoms with Crippen LogP contribution in [0.5, 0.6) is 5.75 Å². The number of rotatable bonds is 8. The molecule has 0 aliphatic carbocycles. The molecular formula is C29H33FN2O4. The van der Waals surface area contributed by atoms with Crippen molar-refractivity contribution in [3.8, 4) is 5.75 Å². The molecule has 190 valence electrons. The molecule has 2 heterocycles. The first-order chi connectivity index (χ1) is 17.3. The van der Waals surface area contributed by atoms with Crippen molar-refractivity contribution in [2.45, 2.75) is 46.8 Å². The monoisotopic (exact) mass is 492 g/mol. The summed E-state index contributed by atoms with van der Waals surface area (Å²) in [6, 6.07) is 15.3. The molecule has 2 amide bonds. The third-order valence-corrected chi connectivity index (χ3v) is 6.61. The number of halogens is 1. The fourth-order valence-corrected chi connectivity index (χ4v) is 4.65. The van der Waals surface area contributed by atoms with Crippen molar-refractivity contribution in [3.63, 3.8) is 0 Å². The fourth-order valence-electron chi connectivity index (χ4n) is 4.65. The minimum absolute atomic E-state index is 0.0577. The van der Waals surface area contributed by atoms with Crippen LogP contribution < -0.4 is 4.74 Å². The molecule has 1 aromatic heterocycles. The normalized spacial score (nSPS) is 15.1. The number of carbonyl (C=O) groups excluding carboxylic acids is 2. The van der Waals surface area contributed by atoms with Crippen LogP contribution in [0, 0.1) is 11.7 Å². The van der Waals surface area contributed by atoms with E-state index in [4.69, 9.17) is 9.15 Å². The average molecular weight is 493 g/mol. The standard InChI is InChI=1S/C29H33FN2O4/c1-5-31(6-2)29(34)26-14-13-24(36-26)18-35-23-12-9-20-15-16-32(28(33)19(3)4)27(25(20)17-23)21-7-10-22(30)11-8-21/h7-14,17,19,27H,5-6,15-16,18H2,1-4H3. The molecule has 6 nitrogen and oxygen atoms in total. The number of amides is 2. The number of nitrogens with zero attached hydrogens (tertiary/aromatic N) is 2.